The summed E-state index contributed by atoms with van der Waals surface area (Å²) < 4.78 is 5.08. The summed E-state index contributed by atoms with van der Waals surface area (Å²) in [5, 5.41) is 3.26. The third kappa shape index (κ3) is 3.92. The summed E-state index contributed by atoms with van der Waals surface area (Å²) in [5.74, 6) is -0.487. The van der Waals surface area contributed by atoms with Crippen LogP contribution >= 0.6 is 0 Å². The molecule has 2 N–H and O–H groups in total. The smallest absolute Gasteiger partial charge is 0.340 e. The van der Waals surface area contributed by atoms with E-state index in [1.54, 1.807) is 20.8 Å². The summed E-state index contributed by atoms with van der Waals surface area (Å²) in [5.41, 5.74) is 5.38. The van der Waals surface area contributed by atoms with Crippen LogP contribution in [0.4, 0.5) is 5.69 Å². The summed E-state index contributed by atoms with van der Waals surface area (Å²) in [4.78, 5) is 28.0. The molecule has 0 bridgehead atoms. The summed E-state index contributed by atoms with van der Waals surface area (Å²) >= 11 is 0. The van der Waals surface area contributed by atoms with Crippen LogP contribution in [-0.4, -0.2) is 29.4 Å². The maximum absolute atomic E-state index is 12.8. The molecule has 0 unspecified atom stereocenters. The maximum Gasteiger partial charge on any atom is 0.340 e. The zero-order valence-corrected chi connectivity index (χ0v) is 15.7. The highest BCUT2D eigenvalue weighted by molar-refractivity contribution is 6.04. The number of hydrogen-bond acceptors (Lipinski definition) is 4. The number of H-pyrrole nitrogens is 1. The predicted octanol–water partition coefficient (Wildman–Crippen LogP) is 4.11. The molecule has 1 atom stereocenters. The van der Waals surface area contributed by atoms with E-state index in [0.717, 1.165) is 11.3 Å². The standard InChI is InChI=1S/C20H26N2O3/c1-7-25-20(24)17-13(4)18(22-14(17)5)19(23)15(6)21-16-9-8-11(2)10-12(16)3/h8-10,15,21-22H,7H2,1-6H3/t15-/m0/s1. The van der Waals surface area contributed by atoms with Gasteiger partial charge in [-0.05, 0) is 58.7 Å². The lowest BCUT2D eigenvalue weighted by atomic mass is 10.0. The van der Waals surface area contributed by atoms with E-state index in [1.807, 2.05) is 32.9 Å². The highest BCUT2D eigenvalue weighted by Crippen LogP contribution is 2.22. The van der Waals surface area contributed by atoms with Gasteiger partial charge in [-0.3, -0.25) is 4.79 Å². The lowest BCUT2D eigenvalue weighted by Gasteiger charge is -2.16. The van der Waals surface area contributed by atoms with Crippen LogP contribution in [0.1, 0.15) is 57.1 Å². The Morgan fingerprint density at radius 1 is 1.20 bits per heavy atom. The Morgan fingerprint density at radius 2 is 1.88 bits per heavy atom. The van der Waals surface area contributed by atoms with Crippen LogP contribution in [0.5, 0.6) is 0 Å². The van der Waals surface area contributed by atoms with Crippen molar-refractivity contribution in [2.75, 3.05) is 11.9 Å². The van der Waals surface area contributed by atoms with Gasteiger partial charge in [-0.15, -0.1) is 0 Å². The molecule has 2 rings (SSSR count). The second kappa shape index (κ2) is 7.55. The van der Waals surface area contributed by atoms with E-state index in [2.05, 4.69) is 16.4 Å². The SMILES string of the molecule is CCOC(=O)c1c(C)[nH]c(C(=O)[C@H](C)Nc2ccc(C)cc2C)c1C. The zero-order chi connectivity index (χ0) is 18.7. The minimum Gasteiger partial charge on any atom is -0.462 e. The number of rotatable bonds is 6. The van der Waals surface area contributed by atoms with Crippen LogP contribution in [0.25, 0.3) is 0 Å². The fraction of sp³-hybridized carbons (Fsp3) is 0.400. The fourth-order valence-electron chi connectivity index (χ4n) is 3.00. The summed E-state index contributed by atoms with van der Waals surface area (Å²) in [6.07, 6.45) is 0. The topological polar surface area (TPSA) is 71.2 Å². The van der Waals surface area contributed by atoms with E-state index in [4.69, 9.17) is 4.74 Å². The monoisotopic (exact) mass is 342 g/mol. The Labute approximate surface area is 148 Å². The number of aryl methyl sites for hydroxylation is 3. The number of ketones is 1. The molecule has 134 valence electrons. The largest absolute Gasteiger partial charge is 0.462 e. The second-order valence-corrected chi connectivity index (χ2v) is 6.39. The Kier molecular flexibility index (Phi) is 5.67. The lowest BCUT2D eigenvalue weighted by molar-refractivity contribution is 0.0525. The van der Waals surface area contributed by atoms with Gasteiger partial charge in [-0.1, -0.05) is 17.7 Å². The molecular weight excluding hydrogens is 316 g/mol. The number of anilines is 1. The van der Waals surface area contributed by atoms with Crippen LogP contribution in [0.15, 0.2) is 18.2 Å². The van der Waals surface area contributed by atoms with Crippen molar-refractivity contribution in [3.63, 3.8) is 0 Å². The van der Waals surface area contributed by atoms with E-state index in [1.165, 1.54) is 5.56 Å². The number of carbonyl (C=O) groups excluding carboxylic acids is 2. The van der Waals surface area contributed by atoms with Gasteiger partial charge in [0.25, 0.3) is 0 Å². The van der Waals surface area contributed by atoms with Crippen molar-refractivity contribution in [3.8, 4) is 0 Å². The molecule has 1 aromatic carbocycles. The quantitative estimate of drug-likeness (QED) is 0.612. The van der Waals surface area contributed by atoms with Gasteiger partial charge in [0.15, 0.2) is 0 Å². The first-order chi connectivity index (χ1) is 11.8. The lowest BCUT2D eigenvalue weighted by Crippen LogP contribution is -2.27. The molecule has 0 aliphatic heterocycles. The van der Waals surface area contributed by atoms with Crippen molar-refractivity contribution in [2.45, 2.75) is 47.6 Å². The van der Waals surface area contributed by atoms with Gasteiger partial charge in [-0.2, -0.15) is 0 Å². The van der Waals surface area contributed by atoms with Gasteiger partial charge in [0, 0.05) is 11.4 Å². The van der Waals surface area contributed by atoms with Crippen LogP contribution < -0.4 is 5.32 Å². The highest BCUT2D eigenvalue weighted by Gasteiger charge is 2.25. The van der Waals surface area contributed by atoms with Crippen LogP contribution in [-0.2, 0) is 4.74 Å². The normalized spacial score (nSPS) is 11.9. The number of aromatic nitrogens is 1. The number of hydrogen-bond donors (Lipinski definition) is 2. The van der Waals surface area contributed by atoms with Crippen LogP contribution in [0.2, 0.25) is 0 Å². The molecule has 0 saturated carbocycles. The van der Waals surface area contributed by atoms with Crippen LogP contribution in [0.3, 0.4) is 0 Å². The van der Waals surface area contributed by atoms with E-state index >= 15 is 0 Å². The number of aromatic amines is 1. The van der Waals surface area contributed by atoms with Crippen molar-refractivity contribution in [2.24, 2.45) is 0 Å². The molecule has 0 saturated heterocycles. The minimum absolute atomic E-state index is 0.0869. The van der Waals surface area contributed by atoms with Gasteiger partial charge < -0.3 is 15.0 Å². The van der Waals surface area contributed by atoms with Crippen molar-refractivity contribution < 1.29 is 14.3 Å². The maximum atomic E-state index is 12.8. The summed E-state index contributed by atoms with van der Waals surface area (Å²) in [7, 11) is 0. The van der Waals surface area contributed by atoms with Crippen molar-refractivity contribution in [3.05, 3.63) is 51.8 Å². The summed E-state index contributed by atoms with van der Waals surface area (Å²) in [6, 6.07) is 5.64. The predicted molar refractivity (Wildman–Crippen MR) is 99.6 cm³/mol. The van der Waals surface area contributed by atoms with Crippen LogP contribution in [0, 0.1) is 27.7 Å². The van der Waals surface area contributed by atoms with E-state index < -0.39 is 12.0 Å². The van der Waals surface area contributed by atoms with Gasteiger partial charge in [0.1, 0.15) is 0 Å². The number of nitrogens with one attached hydrogen (secondary N) is 2. The number of Topliss-reactive ketones (excluding diaryl/α,β-unsaturated/α-hetero) is 1. The summed E-state index contributed by atoms with van der Waals surface area (Å²) in [6.45, 7) is 11.5. The van der Waals surface area contributed by atoms with Gasteiger partial charge in [0.2, 0.25) is 5.78 Å². The molecule has 5 nitrogen and oxygen atoms in total. The van der Waals surface area contributed by atoms with Crippen molar-refractivity contribution in [1.82, 2.24) is 4.98 Å². The number of ether oxygens (including phenoxy) is 1. The molecule has 1 heterocycles. The Hall–Kier alpha value is -2.56. The molecule has 1 aromatic heterocycles. The Balaban J connectivity index is 2.25. The zero-order valence-electron chi connectivity index (χ0n) is 15.7. The first-order valence-corrected chi connectivity index (χ1v) is 8.50. The fourth-order valence-corrected chi connectivity index (χ4v) is 3.00. The van der Waals surface area contributed by atoms with E-state index in [9.17, 15) is 9.59 Å². The molecule has 5 heteroatoms. The Bertz CT molecular complexity index is 806. The molecule has 25 heavy (non-hydrogen) atoms. The third-order valence-corrected chi connectivity index (χ3v) is 4.31. The second-order valence-electron chi connectivity index (χ2n) is 6.39. The van der Waals surface area contributed by atoms with Crippen molar-refractivity contribution in [1.29, 1.82) is 0 Å². The molecule has 0 spiro atoms. The molecular formula is C20H26N2O3. The highest BCUT2D eigenvalue weighted by atomic mass is 16.5. The van der Waals surface area contributed by atoms with Crippen molar-refractivity contribution >= 4 is 17.4 Å². The molecule has 0 aliphatic carbocycles. The van der Waals surface area contributed by atoms with E-state index in [0.29, 0.717) is 29.1 Å². The molecule has 0 fully saturated rings. The number of esters is 1. The average molecular weight is 342 g/mol. The number of benzene rings is 1. The van der Waals surface area contributed by atoms with Gasteiger partial charge in [-0.25, -0.2) is 4.79 Å². The molecule has 0 aliphatic rings. The Morgan fingerprint density at radius 3 is 2.48 bits per heavy atom. The third-order valence-electron chi connectivity index (χ3n) is 4.31. The minimum atomic E-state index is -0.423. The molecule has 2 aromatic rings. The van der Waals surface area contributed by atoms with E-state index in [-0.39, 0.29) is 5.78 Å². The first-order valence-electron chi connectivity index (χ1n) is 8.50. The average Bonchev–Trinajstić information content (AvgIpc) is 2.84. The first kappa shape index (κ1) is 18.8. The van der Waals surface area contributed by atoms with Gasteiger partial charge >= 0.3 is 5.97 Å². The molecule has 0 amide bonds. The molecule has 0 radical (unpaired) electrons. The van der Waals surface area contributed by atoms with Gasteiger partial charge in [0.05, 0.1) is 23.9 Å². The number of carbonyl (C=O) groups is 2.